The topological polar surface area (TPSA) is 86.6 Å². The Morgan fingerprint density at radius 1 is 0.946 bits per heavy atom. The standard InChI is InChI=1S/C30H31N3O4/c1-30(2,3)22(15-25(34)24-12-18-8-4-6-10-23(18)31-24)28(35)32-16-21-14-20(32)17-33(21)29(36)27-13-19-9-5-7-11-26(19)37-27/h4-13,20-22,31H,14-17H2,1-3H3/t20-,21-,22+/m0/s1. The van der Waals surface area contributed by atoms with Crippen LogP contribution in [0.25, 0.3) is 21.9 Å². The molecule has 0 unspecified atom stereocenters. The maximum atomic E-state index is 13.8. The van der Waals surface area contributed by atoms with Gasteiger partial charge < -0.3 is 19.2 Å². The summed E-state index contributed by atoms with van der Waals surface area (Å²) in [6.07, 6.45) is 0.898. The number of aromatic nitrogens is 1. The van der Waals surface area contributed by atoms with Crippen LogP contribution in [0, 0.1) is 11.3 Å². The minimum Gasteiger partial charge on any atom is -0.451 e. The Labute approximate surface area is 215 Å². The molecule has 7 nitrogen and oxygen atoms in total. The number of hydrogen-bond donors (Lipinski definition) is 1. The van der Waals surface area contributed by atoms with Crippen LogP contribution in [-0.2, 0) is 4.79 Å². The first-order chi connectivity index (χ1) is 17.7. The van der Waals surface area contributed by atoms with E-state index in [1.54, 1.807) is 6.07 Å². The summed E-state index contributed by atoms with van der Waals surface area (Å²) in [5, 5.41) is 1.88. The molecule has 2 aliphatic heterocycles. The number of benzene rings is 2. The summed E-state index contributed by atoms with van der Waals surface area (Å²) in [4.78, 5) is 47.3. The number of nitrogens with zero attached hydrogens (tertiary/aromatic N) is 2. The quantitative estimate of drug-likeness (QED) is 0.380. The van der Waals surface area contributed by atoms with Crippen LogP contribution in [0.5, 0.6) is 0 Å². The molecule has 2 aromatic heterocycles. The Kier molecular flexibility index (Phi) is 5.48. The molecule has 0 aliphatic carbocycles. The fourth-order valence-electron chi connectivity index (χ4n) is 5.90. The highest BCUT2D eigenvalue weighted by Crippen LogP contribution is 2.38. The molecule has 190 valence electrons. The molecule has 2 fully saturated rings. The molecule has 7 heteroatoms. The number of carbonyl (C=O) groups excluding carboxylic acids is 3. The fourth-order valence-corrected chi connectivity index (χ4v) is 5.90. The molecule has 2 saturated heterocycles. The van der Waals surface area contributed by atoms with Crippen LogP contribution in [0.15, 0.2) is 65.1 Å². The van der Waals surface area contributed by atoms with Crippen molar-refractivity contribution in [3.05, 3.63) is 72.1 Å². The molecule has 2 aliphatic rings. The largest absolute Gasteiger partial charge is 0.451 e. The number of H-pyrrole nitrogens is 1. The van der Waals surface area contributed by atoms with Gasteiger partial charge in [-0.25, -0.2) is 0 Å². The third kappa shape index (κ3) is 4.12. The number of fused-ring (bicyclic) bond motifs is 4. The SMILES string of the molecule is CC(C)(C)[C@H](CC(=O)c1cc2ccccc2[nH]1)C(=O)N1C[C@@H]2C[C@H]1CN2C(=O)c1cc2ccccc2o1. The van der Waals surface area contributed by atoms with Crippen molar-refractivity contribution in [3.63, 3.8) is 0 Å². The Morgan fingerprint density at radius 3 is 2.30 bits per heavy atom. The first kappa shape index (κ1) is 23.5. The molecule has 4 aromatic rings. The molecule has 0 saturated carbocycles. The van der Waals surface area contributed by atoms with E-state index in [2.05, 4.69) is 4.98 Å². The summed E-state index contributed by atoms with van der Waals surface area (Å²) < 4.78 is 5.80. The second kappa shape index (κ2) is 8.61. The zero-order chi connectivity index (χ0) is 25.9. The van der Waals surface area contributed by atoms with Gasteiger partial charge in [-0.15, -0.1) is 0 Å². The number of carbonyl (C=O) groups is 3. The number of likely N-dealkylation sites (tertiary alicyclic amines) is 2. The van der Waals surface area contributed by atoms with E-state index in [9.17, 15) is 14.4 Å². The average molecular weight is 498 g/mol. The van der Waals surface area contributed by atoms with Crippen LogP contribution in [-0.4, -0.2) is 57.6 Å². The Bertz CT molecular complexity index is 1460. The molecule has 2 amide bonds. The third-order valence-electron chi connectivity index (χ3n) is 7.98. The van der Waals surface area contributed by atoms with Gasteiger partial charge >= 0.3 is 0 Å². The predicted octanol–water partition coefficient (Wildman–Crippen LogP) is 5.27. The van der Waals surface area contributed by atoms with E-state index in [0.29, 0.717) is 30.1 Å². The third-order valence-corrected chi connectivity index (χ3v) is 7.98. The van der Waals surface area contributed by atoms with Gasteiger partial charge in [0.2, 0.25) is 5.91 Å². The first-order valence-corrected chi connectivity index (χ1v) is 12.9. The minimum absolute atomic E-state index is 0.000275. The lowest BCUT2D eigenvalue weighted by Crippen LogP contribution is -2.53. The van der Waals surface area contributed by atoms with Crippen LogP contribution >= 0.6 is 0 Å². The molecule has 4 heterocycles. The van der Waals surface area contributed by atoms with E-state index >= 15 is 0 Å². The highest BCUT2D eigenvalue weighted by atomic mass is 16.3. The van der Waals surface area contributed by atoms with Gasteiger partial charge in [0.05, 0.1) is 23.7 Å². The first-order valence-electron chi connectivity index (χ1n) is 12.9. The van der Waals surface area contributed by atoms with Gasteiger partial charge in [-0.2, -0.15) is 0 Å². The lowest BCUT2D eigenvalue weighted by molar-refractivity contribution is -0.141. The van der Waals surface area contributed by atoms with Gasteiger partial charge in [0.15, 0.2) is 11.5 Å². The highest BCUT2D eigenvalue weighted by Gasteiger charge is 2.50. The number of nitrogens with one attached hydrogen (secondary N) is 1. The fraction of sp³-hybridized carbons (Fsp3) is 0.367. The zero-order valence-corrected chi connectivity index (χ0v) is 21.4. The summed E-state index contributed by atoms with van der Waals surface area (Å²) in [6, 6.07) is 18.9. The van der Waals surface area contributed by atoms with E-state index in [0.717, 1.165) is 22.7 Å². The molecule has 2 bridgehead atoms. The van der Waals surface area contributed by atoms with Crippen molar-refractivity contribution in [2.45, 2.75) is 45.7 Å². The van der Waals surface area contributed by atoms with Crippen molar-refractivity contribution < 1.29 is 18.8 Å². The summed E-state index contributed by atoms with van der Waals surface area (Å²) in [5.41, 5.74) is 1.76. The number of piperazine rings is 1. The molecule has 6 rings (SSSR count). The van der Waals surface area contributed by atoms with Crippen molar-refractivity contribution in [1.82, 2.24) is 14.8 Å². The van der Waals surface area contributed by atoms with Gasteiger partial charge in [0.1, 0.15) is 5.58 Å². The number of ketones is 1. The van der Waals surface area contributed by atoms with Gasteiger partial charge in [0, 0.05) is 35.8 Å². The van der Waals surface area contributed by atoms with E-state index in [4.69, 9.17) is 4.42 Å². The predicted molar refractivity (Wildman–Crippen MR) is 141 cm³/mol. The molecular weight excluding hydrogens is 466 g/mol. The monoisotopic (exact) mass is 497 g/mol. The van der Waals surface area contributed by atoms with Gasteiger partial charge in [-0.1, -0.05) is 57.2 Å². The number of hydrogen-bond acceptors (Lipinski definition) is 4. The molecule has 0 radical (unpaired) electrons. The van der Waals surface area contributed by atoms with E-state index in [1.165, 1.54) is 0 Å². The number of para-hydroxylation sites is 2. The minimum atomic E-state index is -0.453. The molecule has 3 atom stereocenters. The average Bonchev–Trinajstić information content (AvgIpc) is 3.66. The second-order valence-electron chi connectivity index (χ2n) is 11.5. The van der Waals surface area contributed by atoms with E-state index in [1.807, 2.05) is 85.2 Å². The summed E-state index contributed by atoms with van der Waals surface area (Å²) in [5.74, 6) is -0.304. The Morgan fingerprint density at radius 2 is 1.62 bits per heavy atom. The van der Waals surface area contributed by atoms with Crippen LogP contribution < -0.4 is 0 Å². The number of rotatable bonds is 5. The van der Waals surface area contributed by atoms with Crippen LogP contribution in [0.4, 0.5) is 0 Å². The summed E-state index contributed by atoms with van der Waals surface area (Å²) in [6.45, 7) is 7.01. The van der Waals surface area contributed by atoms with Gasteiger partial charge in [-0.05, 0) is 36.1 Å². The van der Waals surface area contributed by atoms with Crippen molar-refractivity contribution >= 4 is 39.5 Å². The molecule has 2 aromatic carbocycles. The van der Waals surface area contributed by atoms with E-state index < -0.39 is 5.92 Å². The normalized spacial score (nSPS) is 20.2. The Balaban J connectivity index is 1.17. The van der Waals surface area contributed by atoms with Crippen LogP contribution in [0.3, 0.4) is 0 Å². The van der Waals surface area contributed by atoms with Gasteiger partial charge in [0.25, 0.3) is 5.91 Å². The van der Waals surface area contributed by atoms with Crippen molar-refractivity contribution in [1.29, 1.82) is 0 Å². The maximum Gasteiger partial charge on any atom is 0.289 e. The maximum absolute atomic E-state index is 13.8. The number of aromatic amines is 1. The van der Waals surface area contributed by atoms with Crippen molar-refractivity contribution in [2.24, 2.45) is 11.3 Å². The highest BCUT2D eigenvalue weighted by molar-refractivity contribution is 6.01. The van der Waals surface area contributed by atoms with Crippen molar-refractivity contribution in [3.8, 4) is 0 Å². The molecular formula is C30H31N3O4. The Hall–Kier alpha value is -3.87. The number of Topliss-reactive ketones (excluding diaryl/α,β-unsaturated/α-hetero) is 1. The number of furan rings is 1. The molecule has 0 spiro atoms. The number of amides is 2. The van der Waals surface area contributed by atoms with Crippen LogP contribution in [0.2, 0.25) is 0 Å². The lowest BCUT2D eigenvalue weighted by atomic mass is 9.76. The smallest absolute Gasteiger partial charge is 0.289 e. The van der Waals surface area contributed by atoms with Gasteiger partial charge in [-0.3, -0.25) is 14.4 Å². The van der Waals surface area contributed by atoms with Crippen molar-refractivity contribution in [2.75, 3.05) is 13.1 Å². The van der Waals surface area contributed by atoms with Crippen LogP contribution in [0.1, 0.15) is 54.7 Å². The van der Waals surface area contributed by atoms with E-state index in [-0.39, 0.29) is 41.5 Å². The zero-order valence-electron chi connectivity index (χ0n) is 21.4. The molecule has 37 heavy (non-hydrogen) atoms. The second-order valence-corrected chi connectivity index (χ2v) is 11.5. The lowest BCUT2D eigenvalue weighted by Gasteiger charge is -2.38. The summed E-state index contributed by atoms with van der Waals surface area (Å²) in [7, 11) is 0. The summed E-state index contributed by atoms with van der Waals surface area (Å²) >= 11 is 0. The molecule has 1 N–H and O–H groups in total.